The molecule has 1 saturated carbocycles. The van der Waals surface area contributed by atoms with Gasteiger partial charge in [0.1, 0.15) is 5.75 Å². The maximum atomic E-state index is 12.8. The van der Waals surface area contributed by atoms with E-state index in [0.29, 0.717) is 11.3 Å². The van der Waals surface area contributed by atoms with Crippen LogP contribution >= 0.6 is 11.3 Å². The second-order valence-electron chi connectivity index (χ2n) is 4.88. The molecule has 0 bridgehead atoms. The number of aromatic nitrogens is 1. The molecule has 104 valence electrons. The summed E-state index contributed by atoms with van der Waals surface area (Å²) < 4.78 is 5.29. The Bertz CT molecular complexity index is 634. The van der Waals surface area contributed by atoms with Crippen LogP contribution in [0.5, 0.6) is 5.75 Å². The Hall–Kier alpha value is -1.88. The highest BCUT2D eigenvalue weighted by atomic mass is 32.1. The maximum absolute atomic E-state index is 12.8. The molecule has 0 N–H and O–H groups in total. The minimum Gasteiger partial charge on any atom is -0.496 e. The zero-order valence-electron chi connectivity index (χ0n) is 11.5. The Morgan fingerprint density at radius 1 is 1.40 bits per heavy atom. The molecule has 0 saturated heterocycles. The van der Waals surface area contributed by atoms with E-state index < -0.39 is 0 Å². The second kappa shape index (κ2) is 5.25. The summed E-state index contributed by atoms with van der Waals surface area (Å²) in [6.45, 7) is 1.94. The summed E-state index contributed by atoms with van der Waals surface area (Å²) >= 11 is 1.52. The fourth-order valence-electron chi connectivity index (χ4n) is 2.14. The molecule has 0 spiro atoms. The van der Waals surface area contributed by atoms with Crippen molar-refractivity contribution in [2.75, 3.05) is 12.0 Å². The SMILES string of the molecule is COc1ccccc1C(=O)N(c1nc(C)cs1)C1CC1. The van der Waals surface area contributed by atoms with Gasteiger partial charge in [-0.1, -0.05) is 12.1 Å². The predicted molar refractivity (Wildman–Crippen MR) is 79.7 cm³/mol. The molecule has 3 rings (SSSR count). The van der Waals surface area contributed by atoms with Gasteiger partial charge in [-0.15, -0.1) is 11.3 Å². The molecule has 0 unspecified atom stereocenters. The van der Waals surface area contributed by atoms with E-state index >= 15 is 0 Å². The number of carbonyl (C=O) groups excluding carboxylic acids is 1. The first-order chi connectivity index (χ1) is 9.70. The van der Waals surface area contributed by atoms with Crippen molar-refractivity contribution in [3.63, 3.8) is 0 Å². The molecule has 1 aromatic heterocycles. The van der Waals surface area contributed by atoms with Crippen molar-refractivity contribution in [2.24, 2.45) is 0 Å². The number of carbonyl (C=O) groups is 1. The molecule has 1 heterocycles. The number of nitrogens with zero attached hydrogens (tertiary/aromatic N) is 2. The number of para-hydroxylation sites is 1. The fourth-order valence-corrected chi connectivity index (χ4v) is 3.02. The molecule has 2 aromatic rings. The fraction of sp³-hybridized carbons (Fsp3) is 0.333. The Kier molecular flexibility index (Phi) is 3.44. The van der Waals surface area contributed by atoms with E-state index in [-0.39, 0.29) is 11.9 Å². The first-order valence-electron chi connectivity index (χ1n) is 6.59. The highest BCUT2D eigenvalue weighted by Gasteiger charge is 2.36. The van der Waals surface area contributed by atoms with Crippen molar-refractivity contribution >= 4 is 22.4 Å². The lowest BCUT2D eigenvalue weighted by molar-refractivity contribution is 0.0982. The summed E-state index contributed by atoms with van der Waals surface area (Å²) in [4.78, 5) is 19.1. The highest BCUT2D eigenvalue weighted by molar-refractivity contribution is 7.14. The third kappa shape index (κ3) is 2.41. The number of rotatable bonds is 4. The number of thiazole rings is 1. The summed E-state index contributed by atoms with van der Waals surface area (Å²) in [5, 5.41) is 2.75. The molecule has 1 amide bonds. The number of aryl methyl sites for hydroxylation is 1. The smallest absolute Gasteiger partial charge is 0.264 e. The van der Waals surface area contributed by atoms with Gasteiger partial charge in [-0.3, -0.25) is 9.69 Å². The number of hydrogen-bond acceptors (Lipinski definition) is 4. The van der Waals surface area contributed by atoms with Gasteiger partial charge in [0.2, 0.25) is 0 Å². The van der Waals surface area contributed by atoms with Crippen molar-refractivity contribution in [3.05, 3.63) is 40.9 Å². The third-order valence-electron chi connectivity index (χ3n) is 3.28. The zero-order chi connectivity index (χ0) is 14.1. The number of anilines is 1. The van der Waals surface area contributed by atoms with Crippen LogP contribution in [-0.2, 0) is 0 Å². The second-order valence-corrected chi connectivity index (χ2v) is 5.71. The minimum atomic E-state index is -0.0284. The van der Waals surface area contributed by atoms with Crippen molar-refractivity contribution in [2.45, 2.75) is 25.8 Å². The first-order valence-corrected chi connectivity index (χ1v) is 7.47. The molecule has 1 aliphatic rings. The normalized spacial score (nSPS) is 14.1. The van der Waals surface area contributed by atoms with Crippen molar-refractivity contribution < 1.29 is 9.53 Å². The number of methoxy groups -OCH3 is 1. The Balaban J connectivity index is 1.97. The van der Waals surface area contributed by atoms with E-state index in [0.717, 1.165) is 23.7 Å². The van der Waals surface area contributed by atoms with Crippen LogP contribution in [0.15, 0.2) is 29.6 Å². The van der Waals surface area contributed by atoms with Gasteiger partial charge in [0.05, 0.1) is 18.4 Å². The van der Waals surface area contributed by atoms with Crippen molar-refractivity contribution in [3.8, 4) is 5.75 Å². The standard InChI is InChI=1S/C15H16N2O2S/c1-10-9-20-15(16-10)17(11-7-8-11)14(18)12-5-3-4-6-13(12)19-2/h3-6,9,11H,7-8H2,1-2H3. The molecule has 1 aliphatic carbocycles. The molecular weight excluding hydrogens is 272 g/mol. The van der Waals surface area contributed by atoms with Gasteiger partial charge in [-0.05, 0) is 31.9 Å². The van der Waals surface area contributed by atoms with Crippen LogP contribution in [0.2, 0.25) is 0 Å². The van der Waals surface area contributed by atoms with Gasteiger partial charge < -0.3 is 4.74 Å². The number of benzene rings is 1. The summed E-state index contributed by atoms with van der Waals surface area (Å²) in [6.07, 6.45) is 2.08. The number of hydrogen-bond donors (Lipinski definition) is 0. The van der Waals surface area contributed by atoms with Crippen LogP contribution in [0, 0.1) is 6.92 Å². The summed E-state index contributed by atoms with van der Waals surface area (Å²) in [5.41, 5.74) is 1.54. The van der Waals surface area contributed by atoms with Crippen molar-refractivity contribution in [1.82, 2.24) is 4.98 Å². The van der Waals surface area contributed by atoms with E-state index in [1.165, 1.54) is 11.3 Å². The Morgan fingerprint density at radius 3 is 2.75 bits per heavy atom. The molecule has 4 nitrogen and oxygen atoms in total. The summed E-state index contributed by atoms with van der Waals surface area (Å²) in [7, 11) is 1.58. The molecular formula is C15H16N2O2S. The third-order valence-corrected chi connectivity index (χ3v) is 4.24. The van der Waals surface area contributed by atoms with Crippen LogP contribution in [0.4, 0.5) is 5.13 Å². The first kappa shape index (κ1) is 13.1. The molecule has 0 aliphatic heterocycles. The Labute approximate surface area is 122 Å². The molecule has 1 aromatic carbocycles. The average molecular weight is 288 g/mol. The summed E-state index contributed by atoms with van der Waals surface area (Å²) in [6, 6.07) is 7.61. The van der Waals surface area contributed by atoms with E-state index in [1.54, 1.807) is 13.2 Å². The number of amides is 1. The topological polar surface area (TPSA) is 42.4 Å². The average Bonchev–Trinajstić information content (AvgIpc) is 3.21. The molecule has 20 heavy (non-hydrogen) atoms. The van der Waals surface area contributed by atoms with E-state index in [2.05, 4.69) is 4.98 Å². The zero-order valence-corrected chi connectivity index (χ0v) is 12.3. The van der Waals surface area contributed by atoms with Crippen LogP contribution < -0.4 is 9.64 Å². The predicted octanol–water partition coefficient (Wildman–Crippen LogP) is 3.27. The van der Waals surface area contributed by atoms with Gasteiger partial charge in [-0.25, -0.2) is 4.98 Å². The molecule has 5 heteroatoms. The van der Waals surface area contributed by atoms with Crippen LogP contribution in [-0.4, -0.2) is 24.0 Å². The highest BCUT2D eigenvalue weighted by Crippen LogP contribution is 2.35. The molecule has 0 radical (unpaired) electrons. The lowest BCUT2D eigenvalue weighted by Gasteiger charge is -2.20. The van der Waals surface area contributed by atoms with Crippen molar-refractivity contribution in [1.29, 1.82) is 0 Å². The Morgan fingerprint density at radius 2 is 2.15 bits per heavy atom. The van der Waals surface area contributed by atoms with Crippen LogP contribution in [0.25, 0.3) is 0 Å². The molecule has 0 atom stereocenters. The minimum absolute atomic E-state index is 0.0284. The van der Waals surface area contributed by atoms with E-state index in [9.17, 15) is 4.79 Å². The lowest BCUT2D eigenvalue weighted by atomic mass is 10.1. The maximum Gasteiger partial charge on any atom is 0.264 e. The lowest BCUT2D eigenvalue weighted by Crippen LogP contribution is -2.33. The number of ether oxygens (including phenoxy) is 1. The van der Waals surface area contributed by atoms with Gasteiger partial charge in [0.25, 0.3) is 5.91 Å². The monoisotopic (exact) mass is 288 g/mol. The van der Waals surface area contributed by atoms with Gasteiger partial charge >= 0.3 is 0 Å². The van der Waals surface area contributed by atoms with Gasteiger partial charge in [-0.2, -0.15) is 0 Å². The van der Waals surface area contributed by atoms with Gasteiger partial charge in [0, 0.05) is 11.4 Å². The quantitative estimate of drug-likeness (QED) is 0.867. The van der Waals surface area contributed by atoms with Crippen LogP contribution in [0.3, 0.4) is 0 Å². The van der Waals surface area contributed by atoms with Gasteiger partial charge in [0.15, 0.2) is 5.13 Å². The van der Waals surface area contributed by atoms with E-state index in [1.807, 2.05) is 35.4 Å². The largest absolute Gasteiger partial charge is 0.496 e. The summed E-state index contributed by atoms with van der Waals surface area (Å²) in [5.74, 6) is 0.579. The van der Waals surface area contributed by atoms with Crippen LogP contribution in [0.1, 0.15) is 28.9 Å². The van der Waals surface area contributed by atoms with E-state index in [4.69, 9.17) is 4.74 Å². The molecule has 1 fully saturated rings.